The average molecular weight is 389 g/mol. The molecule has 7 heteroatoms. The van der Waals surface area contributed by atoms with Gasteiger partial charge in [0.25, 0.3) is 0 Å². The van der Waals surface area contributed by atoms with E-state index in [-0.39, 0.29) is 11.1 Å². The molecule has 1 aromatic rings. The van der Waals surface area contributed by atoms with Crippen LogP contribution in [0.5, 0.6) is 0 Å². The fourth-order valence-electron chi connectivity index (χ4n) is 3.56. The fraction of sp³-hybridized carbons (Fsp3) is 0.714. The Morgan fingerprint density at radius 1 is 1.11 bits per heavy atom. The second-order valence-electron chi connectivity index (χ2n) is 10.1. The van der Waals surface area contributed by atoms with Crippen molar-refractivity contribution >= 4 is 12.9 Å². The van der Waals surface area contributed by atoms with Crippen LogP contribution in [0.25, 0.3) is 0 Å². The van der Waals surface area contributed by atoms with Gasteiger partial charge in [-0.05, 0) is 57.9 Å². The van der Waals surface area contributed by atoms with Gasteiger partial charge in [-0.15, -0.1) is 0 Å². The smallest absolute Gasteiger partial charge is 0.398 e. The van der Waals surface area contributed by atoms with Crippen molar-refractivity contribution in [3.05, 3.63) is 29.4 Å². The Balaban J connectivity index is 1.66. The van der Waals surface area contributed by atoms with Crippen LogP contribution in [-0.4, -0.2) is 41.4 Å². The number of hydrogen-bond donors (Lipinski definition) is 0. The molecule has 3 heterocycles. The van der Waals surface area contributed by atoms with Crippen molar-refractivity contribution in [3.63, 3.8) is 0 Å². The summed E-state index contributed by atoms with van der Waals surface area (Å²) in [6.45, 7) is 15.8. The minimum absolute atomic E-state index is 0.176. The molecule has 0 saturated carbocycles. The van der Waals surface area contributed by atoms with Crippen LogP contribution in [0.4, 0.5) is 10.2 Å². The van der Waals surface area contributed by atoms with Gasteiger partial charge in [0.1, 0.15) is 17.9 Å². The third kappa shape index (κ3) is 4.57. The second-order valence-corrected chi connectivity index (χ2v) is 10.1. The molecule has 28 heavy (non-hydrogen) atoms. The Hall–Kier alpha value is -1.47. The zero-order valence-corrected chi connectivity index (χ0v) is 18.3. The molecular formula is C21H33BFN3O2. The van der Waals surface area contributed by atoms with E-state index in [1.807, 2.05) is 27.7 Å². The molecule has 2 saturated heterocycles. The van der Waals surface area contributed by atoms with Crippen LogP contribution in [-0.2, 0) is 15.7 Å². The molecular weight excluding hydrogens is 356 g/mol. The van der Waals surface area contributed by atoms with Gasteiger partial charge in [-0.25, -0.2) is 14.4 Å². The van der Waals surface area contributed by atoms with Gasteiger partial charge in [-0.3, -0.25) is 0 Å². The topological polar surface area (TPSA) is 47.5 Å². The van der Waals surface area contributed by atoms with Crippen LogP contribution in [0.15, 0.2) is 23.7 Å². The summed E-state index contributed by atoms with van der Waals surface area (Å²) in [5, 5.41) is 0. The summed E-state index contributed by atoms with van der Waals surface area (Å²) in [7, 11) is -0.899. The van der Waals surface area contributed by atoms with Gasteiger partial charge in [0.15, 0.2) is 0 Å². The first-order valence-electron chi connectivity index (χ1n) is 10.2. The van der Waals surface area contributed by atoms with Crippen LogP contribution in [0, 0.1) is 5.41 Å². The van der Waals surface area contributed by atoms with Gasteiger partial charge in [-0.1, -0.05) is 20.8 Å². The first kappa shape index (κ1) is 21.2. The summed E-state index contributed by atoms with van der Waals surface area (Å²) in [5.41, 5.74) is 0.701. The van der Waals surface area contributed by atoms with Gasteiger partial charge in [0, 0.05) is 24.8 Å². The van der Waals surface area contributed by atoms with E-state index in [1.165, 1.54) is 0 Å². The number of aromatic nitrogens is 2. The van der Waals surface area contributed by atoms with Crippen molar-refractivity contribution < 1.29 is 13.7 Å². The molecule has 3 rings (SSSR count). The maximum absolute atomic E-state index is 15.0. The van der Waals surface area contributed by atoms with E-state index in [0.29, 0.717) is 12.8 Å². The molecule has 1 aromatic heterocycles. The molecule has 0 amide bonds. The molecule has 2 aliphatic rings. The van der Waals surface area contributed by atoms with Gasteiger partial charge in [-0.2, -0.15) is 0 Å². The molecule has 5 nitrogen and oxygen atoms in total. The SMILES string of the molecule is CC(C)(C)Cc1cc(N2CCC(=C(F)B3OC(C)(C)C(C)(C)O3)CC2)ncn1. The Labute approximate surface area is 168 Å². The number of rotatable bonds is 3. The van der Waals surface area contributed by atoms with Crippen molar-refractivity contribution in [1.29, 1.82) is 0 Å². The fourth-order valence-corrected chi connectivity index (χ4v) is 3.56. The second kappa shape index (κ2) is 7.41. The molecule has 2 fully saturated rings. The highest BCUT2D eigenvalue weighted by Gasteiger charge is 2.53. The largest absolute Gasteiger partial charge is 0.525 e. The number of piperidine rings is 1. The van der Waals surface area contributed by atoms with Crippen molar-refractivity contribution in [2.24, 2.45) is 5.41 Å². The zero-order valence-electron chi connectivity index (χ0n) is 18.3. The normalized spacial score (nSPS) is 21.9. The molecule has 0 radical (unpaired) electrons. The highest BCUT2D eigenvalue weighted by Crippen LogP contribution is 2.40. The van der Waals surface area contributed by atoms with Crippen molar-refractivity contribution in [3.8, 4) is 0 Å². The van der Waals surface area contributed by atoms with Gasteiger partial charge >= 0.3 is 7.12 Å². The summed E-state index contributed by atoms with van der Waals surface area (Å²) in [4.78, 5) is 11.0. The molecule has 0 aliphatic carbocycles. The van der Waals surface area contributed by atoms with Gasteiger partial charge in [0.2, 0.25) is 0 Å². The molecule has 0 unspecified atom stereocenters. The van der Waals surface area contributed by atoms with E-state index in [0.717, 1.165) is 36.6 Å². The summed E-state index contributed by atoms with van der Waals surface area (Å²) in [6, 6.07) is 2.06. The van der Waals surface area contributed by atoms with Crippen LogP contribution in [0.1, 0.15) is 67.0 Å². The average Bonchev–Trinajstić information content (AvgIpc) is 2.81. The van der Waals surface area contributed by atoms with E-state index in [4.69, 9.17) is 9.31 Å². The lowest BCUT2D eigenvalue weighted by molar-refractivity contribution is 0.00578. The molecule has 0 spiro atoms. The number of anilines is 1. The Morgan fingerprint density at radius 2 is 1.68 bits per heavy atom. The highest BCUT2D eigenvalue weighted by molar-refractivity contribution is 6.53. The van der Waals surface area contributed by atoms with Crippen LogP contribution >= 0.6 is 0 Å². The van der Waals surface area contributed by atoms with E-state index in [9.17, 15) is 0 Å². The van der Waals surface area contributed by atoms with E-state index >= 15 is 4.39 Å². The Morgan fingerprint density at radius 3 is 2.21 bits per heavy atom. The van der Waals surface area contributed by atoms with Crippen molar-refractivity contribution in [2.45, 2.75) is 78.9 Å². The maximum atomic E-state index is 15.0. The lowest BCUT2D eigenvalue weighted by Crippen LogP contribution is -2.41. The third-order valence-electron chi connectivity index (χ3n) is 5.91. The summed E-state index contributed by atoms with van der Waals surface area (Å²) < 4.78 is 26.8. The maximum Gasteiger partial charge on any atom is 0.525 e. The van der Waals surface area contributed by atoms with E-state index < -0.39 is 18.3 Å². The Kier molecular flexibility index (Phi) is 5.63. The molecule has 2 aliphatic heterocycles. The number of nitrogens with zero attached hydrogens (tertiary/aromatic N) is 3. The predicted molar refractivity (Wildman–Crippen MR) is 111 cm³/mol. The van der Waals surface area contributed by atoms with Crippen LogP contribution in [0.2, 0.25) is 0 Å². The summed E-state index contributed by atoms with van der Waals surface area (Å²) in [6.07, 6.45) is 3.83. The van der Waals surface area contributed by atoms with Gasteiger partial charge < -0.3 is 14.2 Å². The first-order chi connectivity index (χ1) is 12.9. The van der Waals surface area contributed by atoms with Crippen molar-refractivity contribution in [2.75, 3.05) is 18.0 Å². The van der Waals surface area contributed by atoms with Crippen LogP contribution in [0.3, 0.4) is 0 Å². The van der Waals surface area contributed by atoms with E-state index in [1.54, 1.807) is 6.33 Å². The standard InChI is InChI=1S/C21H33BFN3O2/c1-19(2,3)13-16-12-17(25-14-24-16)26-10-8-15(9-11-26)18(23)22-27-20(4,5)21(6,7)28-22/h12,14H,8-11,13H2,1-7H3. The number of hydrogen-bond acceptors (Lipinski definition) is 5. The lowest BCUT2D eigenvalue weighted by Gasteiger charge is -2.32. The van der Waals surface area contributed by atoms with Crippen LogP contribution < -0.4 is 4.90 Å². The number of halogens is 1. The highest BCUT2D eigenvalue weighted by atomic mass is 19.1. The molecule has 0 N–H and O–H groups in total. The first-order valence-corrected chi connectivity index (χ1v) is 10.2. The minimum atomic E-state index is -0.899. The van der Waals surface area contributed by atoms with Gasteiger partial charge in [0.05, 0.1) is 11.2 Å². The Bertz CT molecular complexity index is 732. The lowest BCUT2D eigenvalue weighted by atomic mass is 9.82. The summed E-state index contributed by atoms with van der Waals surface area (Å²) >= 11 is 0. The monoisotopic (exact) mass is 389 g/mol. The zero-order chi connectivity index (χ0) is 20.7. The molecule has 0 atom stereocenters. The quantitative estimate of drug-likeness (QED) is 0.712. The third-order valence-corrected chi connectivity index (χ3v) is 5.91. The van der Waals surface area contributed by atoms with Crippen molar-refractivity contribution in [1.82, 2.24) is 9.97 Å². The minimum Gasteiger partial charge on any atom is -0.398 e. The molecule has 0 bridgehead atoms. The van der Waals surface area contributed by atoms with E-state index in [2.05, 4.69) is 41.7 Å². The predicted octanol–water partition coefficient (Wildman–Crippen LogP) is 4.52. The molecule has 154 valence electrons. The molecule has 0 aromatic carbocycles. The summed E-state index contributed by atoms with van der Waals surface area (Å²) in [5.74, 6) is 0.921.